The van der Waals surface area contributed by atoms with E-state index in [2.05, 4.69) is 47.4 Å². The van der Waals surface area contributed by atoms with Gasteiger partial charge in [-0.05, 0) is 40.5 Å². The number of aromatic nitrogens is 1. The van der Waals surface area contributed by atoms with Gasteiger partial charge in [0.15, 0.2) is 0 Å². The van der Waals surface area contributed by atoms with E-state index in [0.717, 1.165) is 6.42 Å². The Morgan fingerprint density at radius 2 is 1.61 bits per heavy atom. The van der Waals surface area contributed by atoms with E-state index in [1.54, 1.807) is 6.20 Å². The van der Waals surface area contributed by atoms with Gasteiger partial charge >= 0.3 is 0 Å². The topological polar surface area (TPSA) is 38.9 Å². The molecule has 0 atom stereocenters. The van der Waals surface area contributed by atoms with Gasteiger partial charge in [0.25, 0.3) is 0 Å². The van der Waals surface area contributed by atoms with Gasteiger partial charge in [-0.3, -0.25) is 0 Å². The first kappa shape index (κ1) is 10.8. The van der Waals surface area contributed by atoms with Crippen LogP contribution in [0, 0.1) is 0 Å². The predicted molar refractivity (Wildman–Crippen MR) is 75.4 cm³/mol. The standard InChI is InChI=1S/C16H14N2/c17-16-11-13(7-8-18-16)9-12-5-6-14-3-1-2-4-15(14)10-12/h1-8,10-11H,9H2,(H2,17,18). The molecule has 2 aromatic carbocycles. The highest BCUT2D eigenvalue weighted by Crippen LogP contribution is 2.18. The Morgan fingerprint density at radius 1 is 0.833 bits per heavy atom. The maximum Gasteiger partial charge on any atom is 0.123 e. The number of hydrogen-bond acceptors (Lipinski definition) is 2. The van der Waals surface area contributed by atoms with Crippen LogP contribution >= 0.6 is 0 Å². The molecule has 0 fully saturated rings. The summed E-state index contributed by atoms with van der Waals surface area (Å²) in [4.78, 5) is 4.01. The molecule has 0 aliphatic rings. The Hall–Kier alpha value is -2.35. The summed E-state index contributed by atoms with van der Waals surface area (Å²) in [5.41, 5.74) is 8.18. The molecule has 0 radical (unpaired) electrons. The zero-order valence-corrected chi connectivity index (χ0v) is 10.0. The summed E-state index contributed by atoms with van der Waals surface area (Å²) in [5.74, 6) is 0.577. The van der Waals surface area contributed by atoms with E-state index in [0.29, 0.717) is 5.82 Å². The van der Waals surface area contributed by atoms with Gasteiger partial charge in [0.2, 0.25) is 0 Å². The summed E-state index contributed by atoms with van der Waals surface area (Å²) >= 11 is 0. The smallest absolute Gasteiger partial charge is 0.123 e. The first-order valence-electron chi connectivity index (χ1n) is 5.99. The van der Waals surface area contributed by atoms with Gasteiger partial charge in [-0.2, -0.15) is 0 Å². The number of fused-ring (bicyclic) bond motifs is 1. The highest BCUT2D eigenvalue weighted by molar-refractivity contribution is 5.83. The van der Waals surface area contributed by atoms with Gasteiger partial charge in [-0.25, -0.2) is 4.98 Å². The zero-order chi connectivity index (χ0) is 12.4. The Morgan fingerprint density at radius 3 is 2.44 bits per heavy atom. The van der Waals surface area contributed by atoms with E-state index in [9.17, 15) is 0 Å². The molecule has 2 N–H and O–H groups in total. The summed E-state index contributed by atoms with van der Waals surface area (Å²) in [7, 11) is 0. The van der Waals surface area contributed by atoms with Gasteiger partial charge in [0.1, 0.15) is 5.82 Å². The average Bonchev–Trinajstić information content (AvgIpc) is 2.39. The second kappa shape index (κ2) is 4.49. The molecule has 3 rings (SSSR count). The molecule has 1 aromatic heterocycles. The molecular formula is C16H14N2. The highest BCUT2D eigenvalue weighted by Gasteiger charge is 1.99. The maximum atomic E-state index is 5.69. The van der Waals surface area contributed by atoms with Crippen LogP contribution in [0.25, 0.3) is 10.8 Å². The third-order valence-electron chi connectivity index (χ3n) is 3.07. The second-order valence-corrected chi connectivity index (χ2v) is 4.45. The number of nitrogens with zero attached hydrogens (tertiary/aromatic N) is 1. The zero-order valence-electron chi connectivity index (χ0n) is 10.0. The van der Waals surface area contributed by atoms with Crippen molar-refractivity contribution in [3.63, 3.8) is 0 Å². The number of hydrogen-bond donors (Lipinski definition) is 1. The molecule has 3 aromatic rings. The summed E-state index contributed by atoms with van der Waals surface area (Å²) < 4.78 is 0. The van der Waals surface area contributed by atoms with Gasteiger partial charge in [-0.15, -0.1) is 0 Å². The Bertz CT molecular complexity index is 689. The fraction of sp³-hybridized carbons (Fsp3) is 0.0625. The Labute approximate surface area is 106 Å². The minimum Gasteiger partial charge on any atom is -0.384 e. The molecule has 1 heterocycles. The molecular weight excluding hydrogens is 220 g/mol. The van der Waals surface area contributed by atoms with E-state index in [1.165, 1.54) is 21.9 Å². The van der Waals surface area contributed by atoms with Crippen LogP contribution in [0.15, 0.2) is 60.8 Å². The Kier molecular flexibility index (Phi) is 2.69. The number of pyridine rings is 1. The first-order valence-corrected chi connectivity index (χ1v) is 5.99. The average molecular weight is 234 g/mol. The molecule has 2 nitrogen and oxygen atoms in total. The van der Waals surface area contributed by atoms with Gasteiger partial charge < -0.3 is 5.73 Å². The van der Waals surface area contributed by atoms with Crippen LogP contribution < -0.4 is 5.73 Å². The van der Waals surface area contributed by atoms with E-state index in [-0.39, 0.29) is 0 Å². The number of nitrogens with two attached hydrogens (primary N) is 1. The maximum absolute atomic E-state index is 5.69. The third-order valence-corrected chi connectivity index (χ3v) is 3.07. The molecule has 0 amide bonds. The van der Waals surface area contributed by atoms with E-state index in [4.69, 9.17) is 5.73 Å². The second-order valence-electron chi connectivity index (χ2n) is 4.45. The van der Waals surface area contributed by atoms with Crippen molar-refractivity contribution in [3.05, 3.63) is 71.9 Å². The Balaban J connectivity index is 1.95. The summed E-state index contributed by atoms with van der Waals surface area (Å²) in [5, 5.41) is 2.55. The first-order chi connectivity index (χ1) is 8.81. The summed E-state index contributed by atoms with van der Waals surface area (Å²) in [6, 6.07) is 18.9. The molecule has 0 saturated heterocycles. The van der Waals surface area contributed by atoms with Crippen molar-refractivity contribution >= 4 is 16.6 Å². The van der Waals surface area contributed by atoms with Crippen molar-refractivity contribution in [2.45, 2.75) is 6.42 Å². The van der Waals surface area contributed by atoms with Crippen LogP contribution in [0.2, 0.25) is 0 Å². The van der Waals surface area contributed by atoms with Crippen LogP contribution in [0.5, 0.6) is 0 Å². The lowest BCUT2D eigenvalue weighted by Crippen LogP contribution is -1.93. The molecule has 88 valence electrons. The molecule has 18 heavy (non-hydrogen) atoms. The van der Waals surface area contributed by atoms with Crippen LogP contribution in [0.3, 0.4) is 0 Å². The summed E-state index contributed by atoms with van der Waals surface area (Å²) in [6.07, 6.45) is 2.64. The quantitative estimate of drug-likeness (QED) is 0.738. The van der Waals surface area contributed by atoms with Crippen molar-refractivity contribution in [2.24, 2.45) is 0 Å². The van der Waals surface area contributed by atoms with E-state index < -0.39 is 0 Å². The highest BCUT2D eigenvalue weighted by atomic mass is 14.8. The number of anilines is 1. The van der Waals surface area contributed by atoms with Crippen LogP contribution in [-0.2, 0) is 6.42 Å². The molecule has 0 aliphatic carbocycles. The molecule has 0 spiro atoms. The SMILES string of the molecule is Nc1cc(Cc2ccc3ccccc3c2)ccn1. The molecule has 0 aliphatic heterocycles. The molecule has 2 heteroatoms. The van der Waals surface area contributed by atoms with Gasteiger partial charge in [0.05, 0.1) is 0 Å². The molecule has 0 unspecified atom stereocenters. The van der Waals surface area contributed by atoms with E-state index >= 15 is 0 Å². The van der Waals surface area contributed by atoms with Crippen LogP contribution in [-0.4, -0.2) is 4.98 Å². The van der Waals surface area contributed by atoms with Crippen LogP contribution in [0.1, 0.15) is 11.1 Å². The van der Waals surface area contributed by atoms with Gasteiger partial charge in [-0.1, -0.05) is 42.5 Å². The van der Waals surface area contributed by atoms with E-state index in [1.807, 2.05) is 12.1 Å². The molecule has 0 bridgehead atoms. The fourth-order valence-corrected chi connectivity index (χ4v) is 2.19. The monoisotopic (exact) mass is 234 g/mol. The van der Waals surface area contributed by atoms with Crippen molar-refractivity contribution < 1.29 is 0 Å². The van der Waals surface area contributed by atoms with Crippen molar-refractivity contribution in [3.8, 4) is 0 Å². The van der Waals surface area contributed by atoms with Gasteiger partial charge in [0, 0.05) is 6.20 Å². The van der Waals surface area contributed by atoms with Crippen molar-refractivity contribution in [2.75, 3.05) is 5.73 Å². The predicted octanol–water partition coefficient (Wildman–Crippen LogP) is 3.41. The fourth-order valence-electron chi connectivity index (χ4n) is 2.19. The van der Waals surface area contributed by atoms with Crippen LogP contribution in [0.4, 0.5) is 5.82 Å². The largest absolute Gasteiger partial charge is 0.384 e. The minimum absolute atomic E-state index is 0.577. The lowest BCUT2D eigenvalue weighted by atomic mass is 10.0. The minimum atomic E-state index is 0.577. The number of benzene rings is 2. The summed E-state index contributed by atoms with van der Waals surface area (Å²) in [6.45, 7) is 0. The normalized spacial score (nSPS) is 10.7. The van der Waals surface area contributed by atoms with Crippen molar-refractivity contribution in [1.29, 1.82) is 0 Å². The number of rotatable bonds is 2. The third kappa shape index (κ3) is 2.18. The lowest BCUT2D eigenvalue weighted by Gasteiger charge is -2.04. The van der Waals surface area contributed by atoms with Crippen molar-refractivity contribution in [1.82, 2.24) is 4.98 Å². The molecule has 0 saturated carbocycles. The number of nitrogen functional groups attached to an aromatic ring is 1. The lowest BCUT2D eigenvalue weighted by molar-refractivity contribution is 1.17.